The van der Waals surface area contributed by atoms with Gasteiger partial charge in [-0.25, -0.2) is 4.79 Å². The van der Waals surface area contributed by atoms with Crippen LogP contribution in [0.4, 0.5) is 10.5 Å². The van der Waals surface area contributed by atoms with Crippen LogP contribution in [0, 0.1) is 0 Å². The first-order valence-electron chi connectivity index (χ1n) is 12.3. The Morgan fingerprint density at radius 3 is 2.25 bits per heavy atom. The molecule has 0 heterocycles. The summed E-state index contributed by atoms with van der Waals surface area (Å²) in [6.07, 6.45) is 0.880. The van der Waals surface area contributed by atoms with Crippen LogP contribution in [-0.4, -0.2) is 41.5 Å². The summed E-state index contributed by atoms with van der Waals surface area (Å²) in [4.78, 5) is 40.7. The fourth-order valence-electron chi connectivity index (χ4n) is 3.88. The van der Waals surface area contributed by atoms with Crippen LogP contribution in [0.15, 0.2) is 72.8 Å². The standard InChI is InChI=1S/C29H35N3O4/c1-5-6-18-32(25(33)20-30-28(35)36-29(2,3)4)26(22-13-8-7-9-14-22)27(34)31-24-17-16-21-12-10-11-15-23(21)19-24/h7-17,19,26H,5-6,18,20H2,1-4H3,(H,30,35)(H,31,34). The third kappa shape index (κ3) is 7.57. The first-order valence-corrected chi connectivity index (χ1v) is 12.3. The maximum atomic E-state index is 13.7. The fourth-order valence-corrected chi connectivity index (χ4v) is 3.88. The van der Waals surface area contributed by atoms with Crippen LogP contribution in [0.2, 0.25) is 0 Å². The average Bonchev–Trinajstić information content (AvgIpc) is 2.84. The highest BCUT2D eigenvalue weighted by molar-refractivity contribution is 6.00. The number of alkyl carbamates (subject to hydrolysis) is 1. The second-order valence-corrected chi connectivity index (χ2v) is 9.66. The molecule has 3 amide bonds. The lowest BCUT2D eigenvalue weighted by atomic mass is 10.0. The van der Waals surface area contributed by atoms with E-state index >= 15 is 0 Å². The molecule has 190 valence electrons. The number of carbonyl (C=O) groups is 3. The second kappa shape index (κ2) is 12.2. The van der Waals surface area contributed by atoms with E-state index in [0.717, 1.165) is 17.2 Å². The summed E-state index contributed by atoms with van der Waals surface area (Å²) in [5, 5.41) is 7.60. The topological polar surface area (TPSA) is 87.7 Å². The van der Waals surface area contributed by atoms with Crippen molar-refractivity contribution in [3.8, 4) is 0 Å². The van der Waals surface area contributed by atoms with Gasteiger partial charge >= 0.3 is 6.09 Å². The van der Waals surface area contributed by atoms with E-state index in [2.05, 4.69) is 10.6 Å². The Morgan fingerprint density at radius 1 is 0.917 bits per heavy atom. The summed E-state index contributed by atoms with van der Waals surface area (Å²) in [5.74, 6) is -0.685. The van der Waals surface area contributed by atoms with Gasteiger partial charge in [-0.1, -0.05) is 74.0 Å². The molecule has 7 heteroatoms. The first kappa shape index (κ1) is 26.7. The van der Waals surface area contributed by atoms with Gasteiger partial charge in [-0.2, -0.15) is 0 Å². The average molecular weight is 490 g/mol. The molecule has 36 heavy (non-hydrogen) atoms. The van der Waals surface area contributed by atoms with Crippen LogP contribution in [0.1, 0.15) is 52.1 Å². The summed E-state index contributed by atoms with van der Waals surface area (Å²) in [6, 6.07) is 22.0. The van der Waals surface area contributed by atoms with Crippen molar-refractivity contribution in [2.45, 2.75) is 52.2 Å². The summed E-state index contributed by atoms with van der Waals surface area (Å²) < 4.78 is 5.26. The monoisotopic (exact) mass is 489 g/mol. The van der Waals surface area contributed by atoms with E-state index in [1.54, 1.807) is 20.8 Å². The van der Waals surface area contributed by atoms with Crippen LogP contribution < -0.4 is 10.6 Å². The van der Waals surface area contributed by atoms with Gasteiger partial charge in [0.05, 0.1) is 0 Å². The summed E-state index contributed by atoms with van der Waals surface area (Å²) in [6.45, 7) is 7.38. The molecule has 3 aromatic carbocycles. The van der Waals surface area contributed by atoms with E-state index in [4.69, 9.17) is 4.74 Å². The van der Waals surface area contributed by atoms with Crippen LogP contribution in [-0.2, 0) is 14.3 Å². The van der Waals surface area contributed by atoms with Crippen molar-refractivity contribution in [3.63, 3.8) is 0 Å². The number of carbonyl (C=O) groups excluding carboxylic acids is 3. The minimum absolute atomic E-state index is 0.273. The molecule has 0 saturated carbocycles. The Labute approximate surface area is 212 Å². The van der Waals surface area contributed by atoms with Crippen molar-refractivity contribution in [2.75, 3.05) is 18.4 Å². The molecule has 3 rings (SSSR count). The number of unbranched alkanes of at least 4 members (excludes halogenated alkanes) is 1. The van der Waals surface area contributed by atoms with Gasteiger partial charge in [-0.15, -0.1) is 0 Å². The number of rotatable bonds is 9. The molecule has 0 radical (unpaired) electrons. The maximum Gasteiger partial charge on any atom is 0.408 e. The second-order valence-electron chi connectivity index (χ2n) is 9.66. The Bertz CT molecular complexity index is 1190. The molecular formula is C29H35N3O4. The highest BCUT2D eigenvalue weighted by atomic mass is 16.6. The van der Waals surface area contributed by atoms with E-state index in [-0.39, 0.29) is 18.4 Å². The van der Waals surface area contributed by atoms with Crippen LogP contribution in [0.25, 0.3) is 10.8 Å². The predicted molar refractivity (Wildman–Crippen MR) is 143 cm³/mol. The van der Waals surface area contributed by atoms with Crippen molar-refractivity contribution >= 4 is 34.4 Å². The third-order valence-electron chi connectivity index (χ3n) is 5.55. The van der Waals surface area contributed by atoms with Crippen LogP contribution in [0.3, 0.4) is 0 Å². The SMILES string of the molecule is CCCCN(C(=O)CNC(=O)OC(C)(C)C)C(C(=O)Nc1ccc2ccccc2c1)c1ccccc1. The Hall–Kier alpha value is -3.87. The highest BCUT2D eigenvalue weighted by Crippen LogP contribution is 2.25. The van der Waals surface area contributed by atoms with Gasteiger partial charge in [0.25, 0.3) is 5.91 Å². The van der Waals surface area contributed by atoms with E-state index in [0.29, 0.717) is 24.2 Å². The lowest BCUT2D eigenvalue weighted by molar-refractivity contribution is -0.138. The Kier molecular flexibility index (Phi) is 9.06. The highest BCUT2D eigenvalue weighted by Gasteiger charge is 2.31. The van der Waals surface area contributed by atoms with Crippen molar-refractivity contribution in [1.82, 2.24) is 10.2 Å². The summed E-state index contributed by atoms with van der Waals surface area (Å²) in [5.41, 5.74) is 0.661. The number of hydrogen-bond donors (Lipinski definition) is 2. The van der Waals surface area contributed by atoms with Gasteiger partial charge in [0, 0.05) is 12.2 Å². The molecule has 0 bridgehead atoms. The normalized spacial score (nSPS) is 12.0. The fraction of sp³-hybridized carbons (Fsp3) is 0.345. The molecule has 0 aliphatic rings. The molecule has 1 unspecified atom stereocenters. The number of fused-ring (bicyclic) bond motifs is 1. The Morgan fingerprint density at radius 2 is 1.58 bits per heavy atom. The van der Waals surface area contributed by atoms with Crippen molar-refractivity contribution in [1.29, 1.82) is 0 Å². The molecule has 0 saturated heterocycles. The van der Waals surface area contributed by atoms with E-state index in [1.807, 2.05) is 79.7 Å². The van der Waals surface area contributed by atoms with Crippen LogP contribution >= 0.6 is 0 Å². The molecule has 1 atom stereocenters. The van der Waals surface area contributed by atoms with E-state index < -0.39 is 17.7 Å². The van der Waals surface area contributed by atoms with Gasteiger partial charge in [-0.05, 0) is 55.7 Å². The van der Waals surface area contributed by atoms with Crippen molar-refractivity contribution in [2.24, 2.45) is 0 Å². The van der Waals surface area contributed by atoms with Gasteiger partial charge in [0.2, 0.25) is 5.91 Å². The predicted octanol–water partition coefficient (Wildman–Crippen LogP) is 5.67. The molecule has 0 aromatic heterocycles. The molecule has 7 nitrogen and oxygen atoms in total. The zero-order valence-corrected chi connectivity index (χ0v) is 21.4. The number of anilines is 1. The third-order valence-corrected chi connectivity index (χ3v) is 5.55. The number of nitrogens with zero attached hydrogens (tertiary/aromatic N) is 1. The Balaban J connectivity index is 1.86. The molecule has 3 aromatic rings. The van der Waals surface area contributed by atoms with Crippen molar-refractivity contribution in [3.05, 3.63) is 78.4 Å². The van der Waals surface area contributed by atoms with Crippen LogP contribution in [0.5, 0.6) is 0 Å². The summed E-state index contributed by atoms with van der Waals surface area (Å²) in [7, 11) is 0. The minimum Gasteiger partial charge on any atom is -0.444 e. The molecule has 0 aliphatic heterocycles. The van der Waals surface area contributed by atoms with E-state index in [9.17, 15) is 14.4 Å². The quantitative estimate of drug-likeness (QED) is 0.405. The lowest BCUT2D eigenvalue weighted by Crippen LogP contribution is -2.46. The number of nitrogens with one attached hydrogen (secondary N) is 2. The van der Waals surface area contributed by atoms with Gasteiger partial charge < -0.3 is 20.3 Å². The number of hydrogen-bond acceptors (Lipinski definition) is 4. The number of benzene rings is 3. The molecule has 0 fully saturated rings. The maximum absolute atomic E-state index is 13.7. The molecule has 2 N–H and O–H groups in total. The van der Waals surface area contributed by atoms with E-state index in [1.165, 1.54) is 4.90 Å². The largest absolute Gasteiger partial charge is 0.444 e. The van der Waals surface area contributed by atoms with Crippen molar-refractivity contribution < 1.29 is 19.1 Å². The summed E-state index contributed by atoms with van der Waals surface area (Å²) >= 11 is 0. The minimum atomic E-state index is -0.864. The molecular weight excluding hydrogens is 454 g/mol. The lowest BCUT2D eigenvalue weighted by Gasteiger charge is -2.31. The number of amides is 3. The zero-order valence-electron chi connectivity index (χ0n) is 21.4. The smallest absolute Gasteiger partial charge is 0.408 e. The first-order chi connectivity index (χ1) is 17.2. The van der Waals surface area contributed by atoms with Gasteiger partial charge in [-0.3, -0.25) is 9.59 Å². The molecule has 0 aliphatic carbocycles. The van der Waals surface area contributed by atoms with Gasteiger partial charge in [0.1, 0.15) is 18.2 Å². The molecule has 0 spiro atoms. The zero-order chi connectivity index (χ0) is 26.1. The number of ether oxygens (including phenoxy) is 1. The van der Waals surface area contributed by atoms with Gasteiger partial charge in [0.15, 0.2) is 0 Å².